The molecule has 1 nitrogen and oxygen atoms in total. The van der Waals surface area contributed by atoms with Crippen molar-refractivity contribution in [2.75, 3.05) is 0 Å². The third kappa shape index (κ3) is 2.90. The van der Waals surface area contributed by atoms with Crippen LogP contribution in [0.5, 0.6) is 0 Å². The molecular formula is C13H9BrF3N. The molecule has 5 heteroatoms. The van der Waals surface area contributed by atoms with Crippen LogP contribution in [0.4, 0.5) is 13.2 Å². The normalized spacial score (nSPS) is 12.4. The maximum Gasteiger partial charge on any atom is 0.133 e. The van der Waals surface area contributed by atoms with Crippen molar-refractivity contribution in [3.8, 4) is 0 Å². The average molecular weight is 316 g/mol. The predicted octanol–water partition coefficient (Wildman–Crippen LogP) is 4.18. The van der Waals surface area contributed by atoms with Crippen LogP contribution in [0.1, 0.15) is 16.0 Å². The molecule has 0 radical (unpaired) electrons. The molecule has 1 unspecified atom stereocenters. The molecule has 1 aromatic heterocycles. The summed E-state index contributed by atoms with van der Waals surface area (Å²) in [7, 11) is 0. The fourth-order valence-corrected chi connectivity index (χ4v) is 2.49. The Balaban J connectivity index is 2.27. The number of rotatable bonds is 3. The van der Waals surface area contributed by atoms with Gasteiger partial charge in [0.25, 0.3) is 0 Å². The molecule has 2 rings (SSSR count). The zero-order chi connectivity index (χ0) is 13.1. The van der Waals surface area contributed by atoms with E-state index in [4.69, 9.17) is 0 Å². The molecule has 0 amide bonds. The minimum absolute atomic E-state index is 0.159. The number of hydrogen-bond acceptors (Lipinski definition) is 1. The predicted molar refractivity (Wildman–Crippen MR) is 65.9 cm³/mol. The molecule has 1 atom stereocenters. The molecule has 0 fully saturated rings. The highest BCUT2D eigenvalue weighted by Crippen LogP contribution is 2.31. The smallest absolute Gasteiger partial charge is 0.133 e. The molecule has 94 valence electrons. The first kappa shape index (κ1) is 13.1. The fraction of sp³-hybridized carbons (Fsp3) is 0.154. The van der Waals surface area contributed by atoms with Gasteiger partial charge in [0.15, 0.2) is 0 Å². The van der Waals surface area contributed by atoms with E-state index in [0.29, 0.717) is 18.6 Å². The standard InChI is InChI=1S/C13H9BrF3N/c14-10(5-8-1-3-18-4-2-8)13-11(16)6-9(15)7-12(13)17/h1-4,6-7,10H,5H2. The van der Waals surface area contributed by atoms with Gasteiger partial charge in [0, 0.05) is 34.9 Å². The Hall–Kier alpha value is -1.36. The third-order valence-electron chi connectivity index (χ3n) is 2.52. The Morgan fingerprint density at radius 1 is 1.06 bits per heavy atom. The van der Waals surface area contributed by atoms with Crippen molar-refractivity contribution in [3.05, 3.63) is 65.2 Å². The number of hydrogen-bond donors (Lipinski definition) is 0. The van der Waals surface area contributed by atoms with E-state index in [1.54, 1.807) is 24.5 Å². The van der Waals surface area contributed by atoms with Gasteiger partial charge in [-0.1, -0.05) is 15.9 Å². The highest BCUT2D eigenvalue weighted by atomic mass is 79.9. The van der Waals surface area contributed by atoms with Crippen molar-refractivity contribution >= 4 is 15.9 Å². The minimum Gasteiger partial charge on any atom is -0.265 e. The first-order valence-electron chi connectivity index (χ1n) is 5.25. The summed E-state index contributed by atoms with van der Waals surface area (Å²) in [4.78, 5) is 3.30. The summed E-state index contributed by atoms with van der Waals surface area (Å²) in [5, 5.41) is 0. The number of benzene rings is 1. The molecule has 0 saturated heterocycles. The lowest BCUT2D eigenvalue weighted by atomic mass is 10.0. The molecule has 2 aromatic rings. The second kappa shape index (κ2) is 5.52. The molecular weight excluding hydrogens is 307 g/mol. The summed E-state index contributed by atoms with van der Waals surface area (Å²) in [6, 6.07) is 4.87. The number of pyridine rings is 1. The van der Waals surface area contributed by atoms with Gasteiger partial charge in [-0.2, -0.15) is 0 Å². The topological polar surface area (TPSA) is 12.9 Å². The van der Waals surface area contributed by atoms with Crippen LogP contribution in [-0.4, -0.2) is 4.98 Å². The highest BCUT2D eigenvalue weighted by molar-refractivity contribution is 9.09. The van der Waals surface area contributed by atoms with E-state index in [2.05, 4.69) is 20.9 Å². The first-order chi connectivity index (χ1) is 8.58. The average Bonchev–Trinajstić information content (AvgIpc) is 2.28. The molecule has 1 heterocycles. The maximum absolute atomic E-state index is 13.5. The quantitative estimate of drug-likeness (QED) is 0.774. The summed E-state index contributed by atoms with van der Waals surface area (Å²) in [5.41, 5.74) is 0.725. The zero-order valence-electron chi connectivity index (χ0n) is 9.21. The highest BCUT2D eigenvalue weighted by Gasteiger charge is 2.19. The van der Waals surface area contributed by atoms with E-state index in [1.807, 2.05) is 0 Å². The Bertz CT molecular complexity index is 522. The zero-order valence-corrected chi connectivity index (χ0v) is 10.8. The first-order valence-corrected chi connectivity index (χ1v) is 6.17. The van der Waals surface area contributed by atoms with E-state index < -0.39 is 22.3 Å². The molecule has 0 aliphatic rings. The monoisotopic (exact) mass is 315 g/mol. The van der Waals surface area contributed by atoms with Crippen LogP contribution in [0.2, 0.25) is 0 Å². The lowest BCUT2D eigenvalue weighted by Crippen LogP contribution is -2.03. The van der Waals surface area contributed by atoms with Gasteiger partial charge >= 0.3 is 0 Å². The molecule has 0 aliphatic heterocycles. The Labute approximate surface area is 111 Å². The molecule has 0 spiro atoms. The molecule has 0 bridgehead atoms. The van der Waals surface area contributed by atoms with Crippen LogP contribution in [0.15, 0.2) is 36.7 Å². The van der Waals surface area contributed by atoms with Crippen molar-refractivity contribution in [3.63, 3.8) is 0 Å². The second-order valence-corrected chi connectivity index (χ2v) is 4.92. The molecule has 0 N–H and O–H groups in total. The Kier molecular flexibility index (Phi) is 4.01. The Morgan fingerprint density at radius 2 is 1.61 bits per heavy atom. The summed E-state index contributed by atoms with van der Waals surface area (Å²) in [6.45, 7) is 0. The van der Waals surface area contributed by atoms with Gasteiger partial charge in [0.1, 0.15) is 17.5 Å². The van der Waals surface area contributed by atoms with Gasteiger partial charge in [-0.25, -0.2) is 13.2 Å². The van der Waals surface area contributed by atoms with E-state index in [1.165, 1.54) is 0 Å². The van der Waals surface area contributed by atoms with Crippen molar-refractivity contribution in [1.82, 2.24) is 4.98 Å². The fourth-order valence-electron chi connectivity index (χ4n) is 1.68. The summed E-state index contributed by atoms with van der Waals surface area (Å²) in [5.74, 6) is -2.69. The molecule has 1 aromatic carbocycles. The van der Waals surface area contributed by atoms with Gasteiger partial charge in [0.05, 0.1) is 0 Å². The SMILES string of the molecule is Fc1cc(F)c(C(Br)Cc2ccncc2)c(F)c1. The number of aromatic nitrogens is 1. The molecule has 0 saturated carbocycles. The number of halogens is 4. The largest absolute Gasteiger partial charge is 0.265 e. The van der Waals surface area contributed by atoms with E-state index in [0.717, 1.165) is 5.56 Å². The van der Waals surface area contributed by atoms with Crippen LogP contribution in [-0.2, 0) is 6.42 Å². The van der Waals surface area contributed by atoms with Crippen molar-refractivity contribution in [1.29, 1.82) is 0 Å². The summed E-state index contributed by atoms with van der Waals surface area (Å²) >= 11 is 3.23. The summed E-state index contributed by atoms with van der Waals surface area (Å²) in [6.07, 6.45) is 3.60. The van der Waals surface area contributed by atoms with Crippen molar-refractivity contribution in [2.24, 2.45) is 0 Å². The minimum atomic E-state index is -0.919. The number of alkyl halides is 1. The number of nitrogens with zero attached hydrogens (tertiary/aromatic N) is 1. The van der Waals surface area contributed by atoms with Crippen LogP contribution in [0.25, 0.3) is 0 Å². The van der Waals surface area contributed by atoms with Gasteiger partial charge in [-0.15, -0.1) is 0 Å². The van der Waals surface area contributed by atoms with E-state index in [-0.39, 0.29) is 5.56 Å². The van der Waals surface area contributed by atoms with Gasteiger partial charge in [-0.05, 0) is 24.1 Å². The maximum atomic E-state index is 13.5. The van der Waals surface area contributed by atoms with E-state index >= 15 is 0 Å². The summed E-state index contributed by atoms with van der Waals surface area (Å²) < 4.78 is 39.9. The Morgan fingerprint density at radius 3 is 2.17 bits per heavy atom. The van der Waals surface area contributed by atoms with Crippen LogP contribution < -0.4 is 0 Å². The third-order valence-corrected chi connectivity index (χ3v) is 3.30. The second-order valence-electron chi connectivity index (χ2n) is 3.81. The molecule has 0 aliphatic carbocycles. The van der Waals surface area contributed by atoms with Gasteiger partial charge in [-0.3, -0.25) is 4.98 Å². The van der Waals surface area contributed by atoms with Gasteiger partial charge in [0.2, 0.25) is 0 Å². The lowest BCUT2D eigenvalue weighted by molar-refractivity contribution is 0.522. The van der Waals surface area contributed by atoms with Crippen LogP contribution in [0.3, 0.4) is 0 Å². The molecule has 18 heavy (non-hydrogen) atoms. The van der Waals surface area contributed by atoms with Crippen LogP contribution in [0, 0.1) is 17.5 Å². The lowest BCUT2D eigenvalue weighted by Gasteiger charge is -2.12. The van der Waals surface area contributed by atoms with Gasteiger partial charge < -0.3 is 0 Å². The van der Waals surface area contributed by atoms with Crippen molar-refractivity contribution < 1.29 is 13.2 Å². The van der Waals surface area contributed by atoms with Crippen molar-refractivity contribution in [2.45, 2.75) is 11.2 Å². The van der Waals surface area contributed by atoms with Crippen LogP contribution >= 0.6 is 15.9 Å². The van der Waals surface area contributed by atoms with E-state index in [9.17, 15) is 13.2 Å².